The second-order valence-electron chi connectivity index (χ2n) is 13.3. The van der Waals surface area contributed by atoms with Crippen LogP contribution in [0.1, 0.15) is 50.5 Å². The number of hydrogen-bond acceptors (Lipinski definition) is 5. The van der Waals surface area contributed by atoms with E-state index < -0.39 is 27.4 Å². The average molecular weight is 675 g/mol. The lowest BCUT2D eigenvalue weighted by molar-refractivity contribution is -0.145. The molecule has 2 bridgehead atoms. The predicted molar refractivity (Wildman–Crippen MR) is 173 cm³/mol. The molecule has 45 heavy (non-hydrogen) atoms. The summed E-state index contributed by atoms with van der Waals surface area (Å²) in [5, 5.41) is 4.23. The fraction of sp³-hybridized carbons (Fsp3) is 0.469. The van der Waals surface area contributed by atoms with Crippen molar-refractivity contribution in [1.29, 1.82) is 0 Å². The lowest BCUT2D eigenvalue weighted by Crippen LogP contribution is -2.60. The summed E-state index contributed by atoms with van der Waals surface area (Å²) in [6, 6.07) is 12.6. The van der Waals surface area contributed by atoms with E-state index in [0.29, 0.717) is 44.6 Å². The molecule has 13 heteroatoms. The number of para-hydroxylation sites is 1. The molecule has 3 aliphatic heterocycles. The summed E-state index contributed by atoms with van der Waals surface area (Å²) >= 11 is 12.3. The van der Waals surface area contributed by atoms with Crippen LogP contribution in [0.5, 0.6) is 0 Å². The molecule has 0 radical (unpaired) electrons. The van der Waals surface area contributed by atoms with Gasteiger partial charge in [-0.1, -0.05) is 62.2 Å². The van der Waals surface area contributed by atoms with Crippen molar-refractivity contribution < 1.29 is 22.8 Å². The normalized spacial score (nSPS) is 23.0. The standard InChI is InChI=1S/C32H37Cl2N5O5S/c1-32(2,3)28(36-29(40)26-13-19-7-4-5-9-25(19)35-26)31(42)39-18-22-15-23(39)17-38(22)30(41)20-8-6-12-37(16-20)45(43,44)27-14-21(33)10-11-24(27)34/h4-5,7,9-11,13-14,20,22-23,28,35H,6,8,12,15-18H2,1-3H3,(H,36,40)/t20-,22+,23+,28-/m1/s1. The van der Waals surface area contributed by atoms with Crippen molar-refractivity contribution in [1.82, 2.24) is 24.4 Å². The fourth-order valence-corrected chi connectivity index (χ4v) is 9.10. The fourth-order valence-electron chi connectivity index (χ4n) is 6.84. The number of nitrogens with zero attached hydrogens (tertiary/aromatic N) is 3. The molecular weight excluding hydrogens is 637 g/mol. The van der Waals surface area contributed by atoms with E-state index in [-0.39, 0.29) is 51.3 Å². The number of aromatic amines is 1. The second kappa shape index (κ2) is 11.9. The molecule has 240 valence electrons. The van der Waals surface area contributed by atoms with Gasteiger partial charge in [0.1, 0.15) is 16.6 Å². The number of sulfonamides is 1. The van der Waals surface area contributed by atoms with Crippen LogP contribution in [0, 0.1) is 11.3 Å². The third kappa shape index (κ3) is 6.07. The summed E-state index contributed by atoms with van der Waals surface area (Å²) in [6.07, 6.45) is 1.78. The zero-order chi connectivity index (χ0) is 32.3. The number of likely N-dealkylation sites (tertiary alicyclic amines) is 2. The molecule has 0 spiro atoms. The second-order valence-corrected chi connectivity index (χ2v) is 16.1. The molecule has 0 unspecified atom stereocenters. The van der Waals surface area contributed by atoms with Gasteiger partial charge in [-0.05, 0) is 55.0 Å². The third-order valence-corrected chi connectivity index (χ3v) is 11.8. The van der Waals surface area contributed by atoms with Gasteiger partial charge in [0.05, 0.1) is 23.0 Å². The molecule has 3 amide bonds. The number of fused-ring (bicyclic) bond motifs is 3. The van der Waals surface area contributed by atoms with Gasteiger partial charge in [0.2, 0.25) is 21.8 Å². The third-order valence-electron chi connectivity index (χ3n) is 9.21. The molecule has 2 N–H and O–H groups in total. The summed E-state index contributed by atoms with van der Waals surface area (Å²) < 4.78 is 28.2. The quantitative estimate of drug-likeness (QED) is 0.398. The maximum absolute atomic E-state index is 13.9. The van der Waals surface area contributed by atoms with Crippen LogP contribution in [-0.2, 0) is 19.6 Å². The van der Waals surface area contributed by atoms with Crippen molar-refractivity contribution in [2.24, 2.45) is 11.3 Å². The van der Waals surface area contributed by atoms with Crippen LogP contribution in [0.4, 0.5) is 0 Å². The minimum Gasteiger partial charge on any atom is -0.351 e. The Labute approximate surface area is 273 Å². The number of carbonyl (C=O) groups is 3. The minimum absolute atomic E-state index is 0.0619. The van der Waals surface area contributed by atoms with Crippen molar-refractivity contribution in [3.63, 3.8) is 0 Å². The number of amides is 3. The minimum atomic E-state index is -3.94. The molecule has 3 fully saturated rings. The summed E-state index contributed by atoms with van der Waals surface area (Å²) in [4.78, 5) is 47.6. The Morgan fingerprint density at radius 2 is 1.69 bits per heavy atom. The van der Waals surface area contributed by atoms with Crippen LogP contribution in [0.2, 0.25) is 10.0 Å². The highest BCUT2D eigenvalue weighted by atomic mass is 35.5. The van der Waals surface area contributed by atoms with Crippen LogP contribution >= 0.6 is 23.2 Å². The number of halogens is 2. The number of hydrogen-bond donors (Lipinski definition) is 2. The van der Waals surface area contributed by atoms with Crippen molar-refractivity contribution in [3.8, 4) is 0 Å². The first-order valence-electron chi connectivity index (χ1n) is 15.2. The lowest BCUT2D eigenvalue weighted by Gasteiger charge is -2.41. The number of benzene rings is 2. The Morgan fingerprint density at radius 1 is 0.978 bits per heavy atom. The number of carbonyl (C=O) groups excluding carboxylic acids is 3. The van der Waals surface area contributed by atoms with Gasteiger partial charge in [0, 0.05) is 42.1 Å². The van der Waals surface area contributed by atoms with Crippen LogP contribution in [0.3, 0.4) is 0 Å². The molecule has 1 aromatic heterocycles. The van der Waals surface area contributed by atoms with E-state index >= 15 is 0 Å². The SMILES string of the molecule is CC(C)(C)[C@H](NC(=O)c1cc2ccccc2[nH]1)C(=O)N1C[C@@H]2C[C@H]1CN2C(=O)[C@@H]1CCCN(S(=O)(=O)c2cc(Cl)ccc2Cl)C1. The smallest absolute Gasteiger partial charge is 0.268 e. The van der Waals surface area contributed by atoms with Crippen molar-refractivity contribution in [2.75, 3.05) is 26.2 Å². The van der Waals surface area contributed by atoms with Gasteiger partial charge in [-0.25, -0.2) is 8.42 Å². The summed E-state index contributed by atoms with van der Waals surface area (Å²) in [5.74, 6) is -1.10. The predicted octanol–water partition coefficient (Wildman–Crippen LogP) is 4.53. The van der Waals surface area contributed by atoms with Crippen LogP contribution in [0.25, 0.3) is 10.9 Å². The van der Waals surface area contributed by atoms with Gasteiger partial charge in [-0.2, -0.15) is 4.31 Å². The topological polar surface area (TPSA) is 123 Å². The molecule has 4 atom stereocenters. The van der Waals surface area contributed by atoms with Crippen LogP contribution < -0.4 is 5.32 Å². The lowest BCUT2D eigenvalue weighted by atomic mass is 9.85. The Kier molecular flexibility index (Phi) is 8.43. The Morgan fingerprint density at radius 3 is 2.38 bits per heavy atom. The van der Waals surface area contributed by atoms with Gasteiger partial charge < -0.3 is 20.1 Å². The van der Waals surface area contributed by atoms with E-state index in [0.717, 1.165) is 10.9 Å². The molecule has 3 aliphatic rings. The first kappa shape index (κ1) is 31.8. The van der Waals surface area contributed by atoms with Crippen LogP contribution in [-0.4, -0.2) is 89.5 Å². The molecule has 6 rings (SSSR count). The molecule has 3 aromatic rings. The molecule has 2 aromatic carbocycles. The highest BCUT2D eigenvalue weighted by Crippen LogP contribution is 2.36. The maximum Gasteiger partial charge on any atom is 0.268 e. The maximum atomic E-state index is 13.9. The Bertz CT molecular complexity index is 1740. The van der Waals surface area contributed by atoms with E-state index in [2.05, 4.69) is 10.3 Å². The Balaban J connectivity index is 1.11. The van der Waals surface area contributed by atoms with E-state index in [1.807, 2.05) is 49.9 Å². The molecular formula is C32H37Cl2N5O5S. The number of piperazine rings is 1. The van der Waals surface area contributed by atoms with Crippen molar-refractivity contribution in [3.05, 3.63) is 64.3 Å². The number of rotatable bonds is 6. The zero-order valence-corrected chi connectivity index (χ0v) is 27.8. The first-order valence-corrected chi connectivity index (χ1v) is 17.4. The number of nitrogens with one attached hydrogen (secondary N) is 2. The molecule has 3 saturated heterocycles. The van der Waals surface area contributed by atoms with E-state index in [1.165, 1.54) is 22.5 Å². The number of aromatic nitrogens is 1. The molecule has 4 heterocycles. The average Bonchev–Trinajstić information content (AvgIpc) is 3.74. The highest BCUT2D eigenvalue weighted by molar-refractivity contribution is 7.89. The van der Waals surface area contributed by atoms with Crippen LogP contribution in [0.15, 0.2) is 53.4 Å². The number of H-pyrrole nitrogens is 1. The monoisotopic (exact) mass is 673 g/mol. The van der Waals surface area contributed by atoms with Gasteiger partial charge in [0.25, 0.3) is 5.91 Å². The van der Waals surface area contributed by atoms with Gasteiger partial charge in [0.15, 0.2) is 0 Å². The summed E-state index contributed by atoms with van der Waals surface area (Å²) in [7, 11) is -3.94. The largest absolute Gasteiger partial charge is 0.351 e. The van der Waals surface area contributed by atoms with Gasteiger partial charge in [-0.15, -0.1) is 0 Å². The molecule has 10 nitrogen and oxygen atoms in total. The Hall–Kier alpha value is -3.12. The molecule has 0 aliphatic carbocycles. The highest BCUT2D eigenvalue weighted by Gasteiger charge is 2.51. The van der Waals surface area contributed by atoms with E-state index in [9.17, 15) is 22.8 Å². The van der Waals surface area contributed by atoms with Gasteiger partial charge >= 0.3 is 0 Å². The van der Waals surface area contributed by atoms with Crippen molar-refractivity contribution in [2.45, 2.75) is 63.1 Å². The van der Waals surface area contributed by atoms with Gasteiger partial charge in [-0.3, -0.25) is 14.4 Å². The summed E-state index contributed by atoms with van der Waals surface area (Å²) in [5.41, 5.74) is 0.674. The van der Waals surface area contributed by atoms with E-state index in [1.54, 1.807) is 11.0 Å². The van der Waals surface area contributed by atoms with E-state index in [4.69, 9.17) is 23.2 Å². The zero-order valence-electron chi connectivity index (χ0n) is 25.4. The molecule has 0 saturated carbocycles. The first-order chi connectivity index (χ1) is 21.2. The number of piperidine rings is 1. The summed E-state index contributed by atoms with van der Waals surface area (Å²) in [6.45, 7) is 6.87. The van der Waals surface area contributed by atoms with Crippen molar-refractivity contribution >= 4 is 61.8 Å².